The van der Waals surface area contributed by atoms with Crippen molar-refractivity contribution in [1.82, 2.24) is 4.98 Å². The summed E-state index contributed by atoms with van der Waals surface area (Å²) in [4.78, 5) is 15.6. The molecule has 7 heteroatoms. The van der Waals surface area contributed by atoms with Crippen molar-refractivity contribution in [2.75, 3.05) is 5.32 Å². The van der Waals surface area contributed by atoms with Crippen LogP contribution < -0.4 is 5.32 Å². The molecule has 1 amide bonds. The van der Waals surface area contributed by atoms with Gasteiger partial charge in [-0.05, 0) is 25.1 Å². The molecule has 1 N–H and O–H groups in total. The lowest BCUT2D eigenvalue weighted by Gasteiger charge is -2.04. The third-order valence-electron chi connectivity index (χ3n) is 2.34. The summed E-state index contributed by atoms with van der Waals surface area (Å²) in [5.41, 5.74) is 0.168. The van der Waals surface area contributed by atoms with Gasteiger partial charge in [0.1, 0.15) is 0 Å². The van der Waals surface area contributed by atoms with E-state index >= 15 is 0 Å². The van der Waals surface area contributed by atoms with Gasteiger partial charge in [0, 0.05) is 11.5 Å². The van der Waals surface area contributed by atoms with Crippen molar-refractivity contribution in [2.24, 2.45) is 0 Å². The molecule has 1 aromatic heterocycles. The maximum Gasteiger partial charge on any atom is 0.248 e. The molecule has 2 rings (SSSR count). The van der Waals surface area contributed by atoms with E-state index in [4.69, 9.17) is 0 Å². The lowest BCUT2D eigenvalue weighted by Crippen LogP contribution is -2.10. The van der Waals surface area contributed by atoms with E-state index in [0.717, 1.165) is 23.2 Å². The van der Waals surface area contributed by atoms with Gasteiger partial charge in [-0.15, -0.1) is 11.3 Å². The highest BCUT2D eigenvalue weighted by Gasteiger charge is 2.14. The zero-order valence-corrected chi connectivity index (χ0v) is 11.1. The minimum atomic E-state index is -1.62. The first-order valence-corrected chi connectivity index (χ1v) is 6.40. The normalized spacial score (nSPS) is 11.0. The van der Waals surface area contributed by atoms with Crippen LogP contribution >= 0.6 is 11.3 Å². The molecule has 0 fully saturated rings. The molecule has 0 spiro atoms. The third kappa shape index (κ3) is 3.24. The number of nitrogens with zero attached hydrogens (tertiary/aromatic N) is 1. The van der Waals surface area contributed by atoms with Crippen LogP contribution in [0.5, 0.6) is 0 Å². The zero-order valence-electron chi connectivity index (χ0n) is 10.3. The van der Waals surface area contributed by atoms with Crippen LogP contribution in [-0.4, -0.2) is 10.9 Å². The molecule has 0 aliphatic carbocycles. The fraction of sp³-hybridized carbons (Fsp3) is 0.0769. The topological polar surface area (TPSA) is 42.0 Å². The molecule has 0 unspecified atom stereocenters. The summed E-state index contributed by atoms with van der Waals surface area (Å²) in [5, 5.41) is 4.71. The van der Waals surface area contributed by atoms with Gasteiger partial charge in [-0.25, -0.2) is 18.2 Å². The first-order valence-electron chi connectivity index (χ1n) is 5.52. The van der Waals surface area contributed by atoms with Gasteiger partial charge in [-0.3, -0.25) is 4.79 Å². The van der Waals surface area contributed by atoms with E-state index in [1.165, 1.54) is 17.4 Å². The Labute approximate surface area is 116 Å². The Morgan fingerprint density at radius 2 is 2.05 bits per heavy atom. The number of hydrogen-bond donors (Lipinski definition) is 1. The van der Waals surface area contributed by atoms with E-state index < -0.39 is 29.0 Å². The van der Waals surface area contributed by atoms with Crippen molar-refractivity contribution in [1.29, 1.82) is 0 Å². The van der Waals surface area contributed by atoms with Crippen LogP contribution in [0.25, 0.3) is 6.08 Å². The first-order chi connectivity index (χ1) is 9.47. The first kappa shape index (κ1) is 14.3. The summed E-state index contributed by atoms with van der Waals surface area (Å²) >= 11 is 1.42. The molecule has 1 aromatic carbocycles. The lowest BCUT2D eigenvalue weighted by molar-refractivity contribution is -0.111. The standard InChI is InChI=1S/C13H9F3N2OS/c1-7-17-8(6-20-7)2-5-11(19)18-10-4-3-9(14)12(15)13(10)16/h2-6H,1H3,(H,18,19)/b5-2+. The van der Waals surface area contributed by atoms with Crippen LogP contribution in [0.2, 0.25) is 0 Å². The molecule has 0 saturated carbocycles. The second-order valence-electron chi connectivity index (χ2n) is 3.84. The van der Waals surface area contributed by atoms with E-state index in [-0.39, 0.29) is 0 Å². The molecule has 0 atom stereocenters. The van der Waals surface area contributed by atoms with Gasteiger partial charge in [0.25, 0.3) is 0 Å². The summed E-state index contributed by atoms with van der Waals surface area (Å²) in [7, 11) is 0. The second-order valence-corrected chi connectivity index (χ2v) is 4.90. The Kier molecular flexibility index (Phi) is 4.19. The van der Waals surface area contributed by atoms with Crippen molar-refractivity contribution >= 4 is 29.0 Å². The Morgan fingerprint density at radius 3 is 2.70 bits per heavy atom. The molecule has 0 aliphatic rings. The molecule has 0 radical (unpaired) electrons. The van der Waals surface area contributed by atoms with Crippen molar-refractivity contribution in [3.63, 3.8) is 0 Å². The van der Waals surface area contributed by atoms with Crippen molar-refractivity contribution in [3.8, 4) is 0 Å². The van der Waals surface area contributed by atoms with E-state index in [1.54, 1.807) is 5.38 Å². The van der Waals surface area contributed by atoms with Crippen LogP contribution in [0.1, 0.15) is 10.7 Å². The van der Waals surface area contributed by atoms with Crippen LogP contribution in [-0.2, 0) is 4.79 Å². The predicted molar refractivity (Wildman–Crippen MR) is 70.8 cm³/mol. The largest absolute Gasteiger partial charge is 0.320 e. The third-order valence-corrected chi connectivity index (χ3v) is 3.13. The number of rotatable bonds is 3. The quantitative estimate of drug-likeness (QED) is 0.696. The molecule has 1 heterocycles. The van der Waals surface area contributed by atoms with Crippen molar-refractivity contribution in [3.05, 3.63) is 51.7 Å². The highest BCUT2D eigenvalue weighted by atomic mass is 32.1. The molecule has 104 valence electrons. The number of carbonyl (C=O) groups excluding carboxylic acids is 1. The number of nitrogens with one attached hydrogen (secondary N) is 1. The van der Waals surface area contributed by atoms with Crippen LogP contribution in [0.15, 0.2) is 23.6 Å². The Bertz CT molecular complexity index is 682. The Morgan fingerprint density at radius 1 is 1.30 bits per heavy atom. The average molecular weight is 298 g/mol. The number of aromatic nitrogens is 1. The smallest absolute Gasteiger partial charge is 0.248 e. The van der Waals surface area contributed by atoms with Gasteiger partial charge in [-0.2, -0.15) is 0 Å². The molecular weight excluding hydrogens is 289 g/mol. The van der Waals surface area contributed by atoms with Crippen LogP contribution in [0.3, 0.4) is 0 Å². The summed E-state index contributed by atoms with van der Waals surface area (Å²) in [6.45, 7) is 1.82. The summed E-state index contributed by atoms with van der Waals surface area (Å²) < 4.78 is 39.0. The van der Waals surface area contributed by atoms with E-state index in [9.17, 15) is 18.0 Å². The van der Waals surface area contributed by atoms with Crippen molar-refractivity contribution < 1.29 is 18.0 Å². The number of amides is 1. The average Bonchev–Trinajstić information content (AvgIpc) is 2.83. The monoisotopic (exact) mass is 298 g/mol. The van der Waals surface area contributed by atoms with Gasteiger partial charge in [0.15, 0.2) is 17.5 Å². The Hall–Kier alpha value is -2.15. The molecule has 0 saturated heterocycles. The minimum Gasteiger partial charge on any atom is -0.320 e. The number of carbonyl (C=O) groups is 1. The molecule has 0 aliphatic heterocycles. The molecular formula is C13H9F3N2OS. The molecule has 3 nitrogen and oxygen atoms in total. The van der Waals surface area contributed by atoms with E-state index in [1.807, 2.05) is 6.92 Å². The van der Waals surface area contributed by atoms with Gasteiger partial charge in [0.2, 0.25) is 5.91 Å². The Balaban J connectivity index is 2.09. The van der Waals surface area contributed by atoms with Gasteiger partial charge in [-0.1, -0.05) is 0 Å². The lowest BCUT2D eigenvalue weighted by atomic mass is 10.2. The predicted octanol–water partition coefficient (Wildman–Crippen LogP) is 3.52. The molecule has 20 heavy (non-hydrogen) atoms. The maximum atomic E-state index is 13.3. The second kappa shape index (κ2) is 5.87. The van der Waals surface area contributed by atoms with Gasteiger partial charge in [0.05, 0.1) is 16.4 Å². The van der Waals surface area contributed by atoms with E-state index in [2.05, 4.69) is 10.3 Å². The number of anilines is 1. The highest BCUT2D eigenvalue weighted by molar-refractivity contribution is 7.09. The van der Waals surface area contributed by atoms with Crippen molar-refractivity contribution in [2.45, 2.75) is 6.92 Å². The number of hydrogen-bond acceptors (Lipinski definition) is 3. The molecule has 2 aromatic rings. The van der Waals surface area contributed by atoms with Crippen LogP contribution in [0.4, 0.5) is 18.9 Å². The van der Waals surface area contributed by atoms with Gasteiger partial charge < -0.3 is 5.32 Å². The zero-order chi connectivity index (χ0) is 14.7. The number of benzene rings is 1. The van der Waals surface area contributed by atoms with Crippen LogP contribution in [0, 0.1) is 24.4 Å². The SMILES string of the molecule is Cc1nc(/C=C/C(=O)Nc2ccc(F)c(F)c2F)cs1. The molecule has 0 bridgehead atoms. The van der Waals surface area contributed by atoms with E-state index in [0.29, 0.717) is 5.69 Å². The fourth-order valence-corrected chi connectivity index (χ4v) is 2.00. The maximum absolute atomic E-state index is 13.3. The highest BCUT2D eigenvalue weighted by Crippen LogP contribution is 2.19. The number of halogens is 3. The van der Waals surface area contributed by atoms with Gasteiger partial charge >= 0.3 is 0 Å². The number of thiazole rings is 1. The minimum absolute atomic E-state index is 0.423. The fourth-order valence-electron chi connectivity index (χ4n) is 1.41. The summed E-state index contributed by atoms with van der Waals surface area (Å²) in [5.74, 6) is -5.03. The summed E-state index contributed by atoms with van der Waals surface area (Å²) in [6.07, 6.45) is 2.58. The number of aryl methyl sites for hydroxylation is 1. The summed E-state index contributed by atoms with van der Waals surface area (Å²) in [6, 6.07) is 1.69.